The van der Waals surface area contributed by atoms with Crippen molar-refractivity contribution in [2.45, 2.75) is 44.7 Å². The summed E-state index contributed by atoms with van der Waals surface area (Å²) in [5, 5.41) is 0. The quantitative estimate of drug-likeness (QED) is 0.736. The smallest absolute Gasteiger partial charge is 0.0223 e. The number of fused-ring (bicyclic) bond motifs is 1. The first-order valence-corrected chi connectivity index (χ1v) is 7.29. The van der Waals surface area contributed by atoms with Gasteiger partial charge in [-0.1, -0.05) is 6.42 Å². The summed E-state index contributed by atoms with van der Waals surface area (Å²) in [7, 11) is 4.34. The van der Waals surface area contributed by atoms with Crippen LogP contribution in [0, 0.1) is 0 Å². The zero-order chi connectivity index (χ0) is 12.3. The van der Waals surface area contributed by atoms with Crippen LogP contribution < -0.4 is 0 Å². The van der Waals surface area contributed by atoms with E-state index in [0.29, 0.717) is 0 Å². The molecule has 3 nitrogen and oxygen atoms in total. The molecule has 0 saturated carbocycles. The summed E-state index contributed by atoms with van der Waals surface area (Å²) >= 11 is 0. The molecule has 2 fully saturated rings. The molecule has 0 bridgehead atoms. The Bertz CT molecular complexity index is 230. The van der Waals surface area contributed by atoms with Crippen molar-refractivity contribution in [3.63, 3.8) is 0 Å². The molecule has 0 N–H and O–H groups in total. The van der Waals surface area contributed by atoms with Crippen molar-refractivity contribution in [2.75, 3.05) is 46.8 Å². The molecule has 2 aliphatic heterocycles. The van der Waals surface area contributed by atoms with Crippen LogP contribution >= 0.6 is 0 Å². The van der Waals surface area contributed by atoms with Crippen LogP contribution in [0.15, 0.2) is 0 Å². The molecule has 2 aliphatic rings. The van der Waals surface area contributed by atoms with Gasteiger partial charge in [0.15, 0.2) is 0 Å². The van der Waals surface area contributed by atoms with Crippen molar-refractivity contribution < 1.29 is 0 Å². The van der Waals surface area contributed by atoms with Crippen molar-refractivity contribution in [1.82, 2.24) is 14.7 Å². The van der Waals surface area contributed by atoms with Crippen LogP contribution in [0.3, 0.4) is 0 Å². The van der Waals surface area contributed by atoms with Gasteiger partial charge >= 0.3 is 0 Å². The standard InChI is InChI=1S/C14H29N3/c1-13-11-17-9-5-4-7-14(17)12-16(13)10-6-8-15(2)3/h13-14H,4-12H2,1-3H3. The molecule has 2 saturated heterocycles. The summed E-state index contributed by atoms with van der Waals surface area (Å²) in [4.78, 5) is 7.74. The summed E-state index contributed by atoms with van der Waals surface area (Å²) in [5.41, 5.74) is 0. The largest absolute Gasteiger partial charge is 0.309 e. The normalized spacial score (nSPS) is 31.8. The molecule has 2 unspecified atom stereocenters. The number of nitrogens with zero attached hydrogens (tertiary/aromatic N) is 3. The van der Waals surface area contributed by atoms with Crippen LogP contribution in [0.5, 0.6) is 0 Å². The minimum absolute atomic E-state index is 0.756. The van der Waals surface area contributed by atoms with E-state index in [0.717, 1.165) is 12.1 Å². The van der Waals surface area contributed by atoms with Gasteiger partial charge in [-0.25, -0.2) is 0 Å². The topological polar surface area (TPSA) is 9.72 Å². The fourth-order valence-electron chi connectivity index (χ4n) is 3.31. The van der Waals surface area contributed by atoms with Gasteiger partial charge in [-0.3, -0.25) is 9.80 Å². The Hall–Kier alpha value is -0.120. The fraction of sp³-hybridized carbons (Fsp3) is 1.00. The van der Waals surface area contributed by atoms with Gasteiger partial charge < -0.3 is 4.90 Å². The highest BCUT2D eigenvalue weighted by atomic mass is 15.3. The molecule has 2 heterocycles. The molecule has 17 heavy (non-hydrogen) atoms. The van der Waals surface area contributed by atoms with Gasteiger partial charge in [-0.2, -0.15) is 0 Å². The SMILES string of the molecule is CC1CN2CCCCC2CN1CCCN(C)C. The third-order valence-electron chi connectivity index (χ3n) is 4.37. The van der Waals surface area contributed by atoms with Gasteiger partial charge in [0.05, 0.1) is 0 Å². The van der Waals surface area contributed by atoms with Crippen molar-refractivity contribution >= 4 is 0 Å². The summed E-state index contributed by atoms with van der Waals surface area (Å²) in [6, 6.07) is 1.62. The van der Waals surface area contributed by atoms with Crippen LogP contribution in [0.1, 0.15) is 32.6 Å². The van der Waals surface area contributed by atoms with Crippen molar-refractivity contribution in [3.8, 4) is 0 Å². The zero-order valence-electron chi connectivity index (χ0n) is 11.9. The number of rotatable bonds is 4. The van der Waals surface area contributed by atoms with E-state index in [1.807, 2.05) is 0 Å². The highest BCUT2D eigenvalue weighted by Gasteiger charge is 2.32. The Morgan fingerprint density at radius 1 is 1.18 bits per heavy atom. The number of hydrogen-bond acceptors (Lipinski definition) is 3. The Morgan fingerprint density at radius 2 is 2.00 bits per heavy atom. The molecule has 0 radical (unpaired) electrons. The van der Waals surface area contributed by atoms with Crippen LogP contribution in [0.2, 0.25) is 0 Å². The zero-order valence-corrected chi connectivity index (χ0v) is 11.9. The Kier molecular flexibility index (Phi) is 4.83. The summed E-state index contributed by atoms with van der Waals surface area (Å²) in [5.74, 6) is 0. The van der Waals surface area contributed by atoms with Gasteiger partial charge in [0, 0.05) is 25.2 Å². The molecular formula is C14H29N3. The minimum atomic E-state index is 0.756. The second-order valence-corrected chi connectivity index (χ2v) is 6.15. The maximum atomic E-state index is 2.73. The van der Waals surface area contributed by atoms with Gasteiger partial charge in [0.2, 0.25) is 0 Å². The number of hydrogen-bond donors (Lipinski definition) is 0. The van der Waals surface area contributed by atoms with E-state index in [4.69, 9.17) is 0 Å². The first kappa shape index (κ1) is 13.3. The molecular weight excluding hydrogens is 210 g/mol. The van der Waals surface area contributed by atoms with Crippen LogP contribution in [0.4, 0.5) is 0 Å². The lowest BCUT2D eigenvalue weighted by Crippen LogP contribution is -2.58. The summed E-state index contributed by atoms with van der Waals surface area (Å²) in [6.07, 6.45) is 5.60. The van der Waals surface area contributed by atoms with E-state index < -0.39 is 0 Å². The maximum Gasteiger partial charge on any atom is 0.0223 e. The molecule has 0 spiro atoms. The van der Waals surface area contributed by atoms with Gasteiger partial charge in [-0.15, -0.1) is 0 Å². The average molecular weight is 239 g/mol. The van der Waals surface area contributed by atoms with Crippen molar-refractivity contribution in [1.29, 1.82) is 0 Å². The molecule has 0 aromatic rings. The predicted molar refractivity (Wildman–Crippen MR) is 73.4 cm³/mol. The van der Waals surface area contributed by atoms with E-state index in [9.17, 15) is 0 Å². The lowest BCUT2D eigenvalue weighted by atomic mass is 9.97. The monoisotopic (exact) mass is 239 g/mol. The van der Waals surface area contributed by atoms with E-state index in [1.54, 1.807) is 0 Å². The number of piperidine rings is 1. The molecule has 100 valence electrons. The Labute approximate surface area is 107 Å². The summed E-state index contributed by atoms with van der Waals surface area (Å²) in [6.45, 7) is 8.86. The molecule has 0 aromatic carbocycles. The Balaban J connectivity index is 1.78. The molecule has 0 aromatic heterocycles. The molecule has 2 atom stereocenters. The van der Waals surface area contributed by atoms with E-state index in [2.05, 4.69) is 35.7 Å². The lowest BCUT2D eigenvalue weighted by Gasteiger charge is -2.47. The lowest BCUT2D eigenvalue weighted by molar-refractivity contribution is 0.0142. The van der Waals surface area contributed by atoms with E-state index >= 15 is 0 Å². The molecule has 2 rings (SSSR count). The maximum absolute atomic E-state index is 2.73. The second-order valence-electron chi connectivity index (χ2n) is 6.15. The van der Waals surface area contributed by atoms with E-state index in [-0.39, 0.29) is 0 Å². The summed E-state index contributed by atoms with van der Waals surface area (Å²) < 4.78 is 0. The second kappa shape index (κ2) is 6.17. The van der Waals surface area contributed by atoms with Gasteiger partial charge in [-0.05, 0) is 59.9 Å². The molecule has 0 amide bonds. The Morgan fingerprint density at radius 3 is 2.76 bits per heavy atom. The molecule has 3 heteroatoms. The average Bonchev–Trinajstić information content (AvgIpc) is 2.29. The number of piperazine rings is 1. The molecule has 0 aliphatic carbocycles. The fourth-order valence-corrected chi connectivity index (χ4v) is 3.31. The van der Waals surface area contributed by atoms with Crippen LogP contribution in [0.25, 0.3) is 0 Å². The third kappa shape index (κ3) is 3.67. The predicted octanol–water partition coefficient (Wildman–Crippen LogP) is 1.50. The minimum Gasteiger partial charge on any atom is -0.309 e. The van der Waals surface area contributed by atoms with Crippen molar-refractivity contribution in [2.24, 2.45) is 0 Å². The van der Waals surface area contributed by atoms with E-state index in [1.165, 1.54) is 58.4 Å². The van der Waals surface area contributed by atoms with Crippen LogP contribution in [-0.4, -0.2) is 73.6 Å². The van der Waals surface area contributed by atoms with Gasteiger partial charge in [0.25, 0.3) is 0 Å². The van der Waals surface area contributed by atoms with Gasteiger partial charge in [0.1, 0.15) is 0 Å². The highest BCUT2D eigenvalue weighted by molar-refractivity contribution is 4.88. The third-order valence-corrected chi connectivity index (χ3v) is 4.37. The first-order valence-electron chi connectivity index (χ1n) is 7.29. The van der Waals surface area contributed by atoms with Crippen LogP contribution in [-0.2, 0) is 0 Å². The highest BCUT2D eigenvalue weighted by Crippen LogP contribution is 2.23. The first-order chi connectivity index (χ1) is 8.16. The van der Waals surface area contributed by atoms with Crippen molar-refractivity contribution in [3.05, 3.63) is 0 Å².